The fourth-order valence-electron chi connectivity index (χ4n) is 4.26. The molecule has 0 aromatic heterocycles. The number of benzene rings is 1. The average molecular weight is 393 g/mol. The molecule has 0 radical (unpaired) electrons. The van der Waals surface area contributed by atoms with Crippen LogP contribution in [0, 0.1) is 5.92 Å². The highest BCUT2D eigenvalue weighted by Crippen LogP contribution is 2.38. The summed E-state index contributed by atoms with van der Waals surface area (Å²) in [4.78, 5) is 25.6. The largest absolute Gasteiger partial charge is 0.375 e. The maximum atomic E-state index is 12.6. The number of nitrogens with one attached hydrogen (secondary N) is 1. The molecule has 27 heavy (non-hydrogen) atoms. The van der Waals surface area contributed by atoms with Crippen LogP contribution < -0.4 is 5.32 Å². The third-order valence-corrected chi connectivity index (χ3v) is 6.22. The Hall–Kier alpha value is -1.59. The Morgan fingerprint density at radius 2 is 2.04 bits per heavy atom. The summed E-state index contributed by atoms with van der Waals surface area (Å²) < 4.78 is 6.18. The summed E-state index contributed by atoms with van der Waals surface area (Å²) in [5, 5.41) is 3.54. The van der Waals surface area contributed by atoms with Gasteiger partial charge in [0.2, 0.25) is 11.8 Å². The minimum absolute atomic E-state index is 0.0297. The third kappa shape index (κ3) is 5.45. The molecule has 1 N–H and O–H groups in total. The van der Waals surface area contributed by atoms with Crippen LogP contribution in [-0.2, 0) is 20.7 Å². The molecule has 6 heteroatoms. The predicted octanol–water partition coefficient (Wildman–Crippen LogP) is 3.20. The zero-order chi connectivity index (χ0) is 19.3. The van der Waals surface area contributed by atoms with Gasteiger partial charge in [0, 0.05) is 38.2 Å². The fraction of sp³-hybridized carbons (Fsp3) is 0.619. The maximum Gasteiger partial charge on any atom is 0.227 e. The molecule has 2 aliphatic heterocycles. The van der Waals surface area contributed by atoms with Gasteiger partial charge in [-0.2, -0.15) is 0 Å². The smallest absolute Gasteiger partial charge is 0.227 e. The van der Waals surface area contributed by atoms with Crippen molar-refractivity contribution in [1.82, 2.24) is 10.2 Å². The van der Waals surface area contributed by atoms with E-state index in [0.717, 1.165) is 63.9 Å². The molecule has 0 bridgehead atoms. The van der Waals surface area contributed by atoms with Crippen molar-refractivity contribution < 1.29 is 14.3 Å². The zero-order valence-electron chi connectivity index (χ0n) is 16.0. The summed E-state index contributed by atoms with van der Waals surface area (Å²) in [5.41, 5.74) is 0.789. The molecule has 2 fully saturated rings. The molecule has 5 nitrogen and oxygen atoms in total. The zero-order valence-corrected chi connectivity index (χ0v) is 16.8. The maximum absolute atomic E-state index is 12.6. The normalized spacial score (nSPS) is 21.9. The van der Waals surface area contributed by atoms with Gasteiger partial charge in [0.05, 0.1) is 12.0 Å². The lowest BCUT2D eigenvalue weighted by atomic mass is 9.78. The van der Waals surface area contributed by atoms with E-state index in [2.05, 4.69) is 5.32 Å². The van der Waals surface area contributed by atoms with Crippen molar-refractivity contribution in [2.45, 2.75) is 51.0 Å². The van der Waals surface area contributed by atoms with Gasteiger partial charge in [-0.1, -0.05) is 29.8 Å². The highest BCUT2D eigenvalue weighted by atomic mass is 35.5. The van der Waals surface area contributed by atoms with Crippen molar-refractivity contribution in [2.75, 3.05) is 26.2 Å². The molecule has 1 unspecified atom stereocenters. The number of piperidine rings is 1. The monoisotopic (exact) mass is 392 g/mol. The Morgan fingerprint density at radius 1 is 1.30 bits per heavy atom. The number of ether oxygens (including phenoxy) is 1. The van der Waals surface area contributed by atoms with Gasteiger partial charge in [0.25, 0.3) is 0 Å². The minimum Gasteiger partial charge on any atom is -0.375 e. The van der Waals surface area contributed by atoms with E-state index in [0.29, 0.717) is 17.4 Å². The number of rotatable bonds is 5. The molecule has 1 atom stereocenters. The summed E-state index contributed by atoms with van der Waals surface area (Å²) in [6.45, 7) is 4.54. The van der Waals surface area contributed by atoms with Gasteiger partial charge in [-0.25, -0.2) is 0 Å². The highest BCUT2D eigenvalue weighted by Gasteiger charge is 2.40. The summed E-state index contributed by atoms with van der Waals surface area (Å²) in [7, 11) is 0. The third-order valence-electron chi connectivity index (χ3n) is 5.85. The second kappa shape index (κ2) is 9.07. The van der Waals surface area contributed by atoms with E-state index in [1.165, 1.54) is 0 Å². The molecule has 2 amide bonds. The van der Waals surface area contributed by atoms with E-state index in [4.69, 9.17) is 16.3 Å². The fourth-order valence-corrected chi connectivity index (χ4v) is 4.46. The van der Waals surface area contributed by atoms with E-state index in [1.807, 2.05) is 29.2 Å². The molecule has 2 saturated heterocycles. The van der Waals surface area contributed by atoms with E-state index in [1.54, 1.807) is 6.92 Å². The van der Waals surface area contributed by atoms with Gasteiger partial charge in [-0.3, -0.25) is 9.59 Å². The molecule has 0 saturated carbocycles. The lowest BCUT2D eigenvalue weighted by molar-refractivity contribution is -0.146. The van der Waals surface area contributed by atoms with Crippen molar-refractivity contribution in [3.8, 4) is 0 Å². The van der Waals surface area contributed by atoms with E-state index in [-0.39, 0.29) is 17.4 Å². The molecule has 1 aromatic rings. The molecule has 2 aliphatic rings. The van der Waals surface area contributed by atoms with Crippen LogP contribution in [0.2, 0.25) is 5.02 Å². The number of likely N-dealkylation sites (tertiary alicyclic amines) is 1. The Balaban J connectivity index is 1.49. The molecule has 0 aliphatic carbocycles. The second-order valence-corrected chi connectivity index (χ2v) is 8.22. The number of carbonyl (C=O) groups is 2. The van der Waals surface area contributed by atoms with Crippen molar-refractivity contribution in [2.24, 2.45) is 5.92 Å². The van der Waals surface area contributed by atoms with Crippen LogP contribution in [0.4, 0.5) is 0 Å². The Kier molecular flexibility index (Phi) is 6.77. The van der Waals surface area contributed by atoms with Gasteiger partial charge in [-0.05, 0) is 49.7 Å². The number of hydrogen-bond donors (Lipinski definition) is 1. The molecular formula is C21H29ClN2O3. The van der Waals surface area contributed by atoms with Gasteiger partial charge in [-0.15, -0.1) is 0 Å². The average Bonchev–Trinajstić information content (AvgIpc) is 2.64. The summed E-state index contributed by atoms with van der Waals surface area (Å²) >= 11 is 6.18. The number of halogens is 1. The highest BCUT2D eigenvalue weighted by molar-refractivity contribution is 6.31. The SMILES string of the molecule is CC(=O)NCCC1CCOC2(CCN(C(=O)Cc3ccccc3Cl)CC2)C1. The van der Waals surface area contributed by atoms with Crippen LogP contribution in [0.25, 0.3) is 0 Å². The van der Waals surface area contributed by atoms with Gasteiger partial charge < -0.3 is 15.0 Å². The molecular weight excluding hydrogens is 364 g/mol. The molecule has 2 heterocycles. The Bertz CT molecular complexity index is 671. The Morgan fingerprint density at radius 3 is 2.74 bits per heavy atom. The topological polar surface area (TPSA) is 58.6 Å². The molecule has 148 valence electrons. The van der Waals surface area contributed by atoms with Gasteiger partial charge in [0.15, 0.2) is 0 Å². The molecule has 3 rings (SSSR count). The van der Waals surface area contributed by atoms with Crippen LogP contribution in [-0.4, -0.2) is 48.6 Å². The molecule has 1 aromatic carbocycles. The Labute approximate surface area is 166 Å². The number of carbonyl (C=O) groups excluding carboxylic acids is 2. The van der Waals surface area contributed by atoms with E-state index < -0.39 is 0 Å². The van der Waals surface area contributed by atoms with Crippen molar-refractivity contribution in [3.05, 3.63) is 34.9 Å². The number of hydrogen-bond acceptors (Lipinski definition) is 3. The van der Waals surface area contributed by atoms with E-state index in [9.17, 15) is 9.59 Å². The summed E-state index contributed by atoms with van der Waals surface area (Å²) in [6, 6.07) is 7.53. The predicted molar refractivity (Wildman–Crippen MR) is 106 cm³/mol. The van der Waals surface area contributed by atoms with Crippen LogP contribution in [0.5, 0.6) is 0 Å². The van der Waals surface area contributed by atoms with E-state index >= 15 is 0 Å². The lowest BCUT2D eigenvalue weighted by Gasteiger charge is -2.46. The lowest BCUT2D eigenvalue weighted by Crippen LogP contribution is -2.51. The van der Waals surface area contributed by atoms with Gasteiger partial charge in [0.1, 0.15) is 0 Å². The number of nitrogens with zero attached hydrogens (tertiary/aromatic N) is 1. The van der Waals surface area contributed by atoms with Crippen LogP contribution >= 0.6 is 11.6 Å². The first kappa shape index (κ1) is 20.2. The summed E-state index contributed by atoms with van der Waals surface area (Å²) in [6.07, 6.45) is 5.21. The van der Waals surface area contributed by atoms with Crippen LogP contribution in [0.15, 0.2) is 24.3 Å². The first-order chi connectivity index (χ1) is 13.0. The van der Waals surface area contributed by atoms with Crippen LogP contribution in [0.1, 0.15) is 44.6 Å². The van der Waals surface area contributed by atoms with Gasteiger partial charge >= 0.3 is 0 Å². The first-order valence-corrected chi connectivity index (χ1v) is 10.2. The quantitative estimate of drug-likeness (QED) is 0.837. The minimum atomic E-state index is -0.0969. The first-order valence-electron chi connectivity index (χ1n) is 9.87. The summed E-state index contributed by atoms with van der Waals surface area (Å²) in [5.74, 6) is 0.744. The van der Waals surface area contributed by atoms with Crippen LogP contribution in [0.3, 0.4) is 0 Å². The number of amides is 2. The van der Waals surface area contributed by atoms with Crippen molar-refractivity contribution >= 4 is 23.4 Å². The second-order valence-electron chi connectivity index (χ2n) is 7.81. The molecule has 1 spiro atoms. The van der Waals surface area contributed by atoms with Crippen molar-refractivity contribution in [1.29, 1.82) is 0 Å². The van der Waals surface area contributed by atoms with Crippen molar-refractivity contribution in [3.63, 3.8) is 0 Å². The standard InChI is InChI=1S/C21H29ClN2O3/c1-16(25)23-10-6-17-7-13-27-21(15-17)8-11-24(12-9-21)20(26)14-18-4-2-3-5-19(18)22/h2-5,17H,6-15H2,1H3,(H,23,25).